The Morgan fingerprint density at radius 2 is 1.86 bits per heavy atom. The van der Waals surface area contributed by atoms with E-state index in [2.05, 4.69) is 11.8 Å². The van der Waals surface area contributed by atoms with Gasteiger partial charge in [0, 0.05) is 0 Å². The number of benzene rings is 1. The Morgan fingerprint density at radius 1 is 1.21 bits per heavy atom. The Bertz CT molecular complexity index is 358. The Kier molecular flexibility index (Phi) is 3.50. The first-order chi connectivity index (χ1) is 6.58. The van der Waals surface area contributed by atoms with Crippen LogP contribution >= 0.6 is 0 Å². The third-order valence-electron chi connectivity index (χ3n) is 1.54. The van der Waals surface area contributed by atoms with Crippen LogP contribution in [-0.2, 0) is 0 Å². The topological polar surface area (TPSA) is 20.2 Å². The molecular weight excluding hydrogens is 172 g/mol. The Hall–Kier alpha value is -1.52. The lowest BCUT2D eigenvalue weighted by molar-refractivity contribution is 0.143. The monoisotopic (exact) mass is 186 g/mol. The van der Waals surface area contributed by atoms with Gasteiger partial charge in [0.25, 0.3) is 0 Å². The fraction of sp³-hybridized carbons (Fsp3) is 0.231. The maximum Gasteiger partial charge on any atom is 0.120 e. The molecule has 0 aliphatic rings. The number of hydrogen-bond acceptors (Lipinski definition) is 1. The Labute approximate surface area is 85.1 Å². The van der Waals surface area contributed by atoms with Crippen LogP contribution in [0.25, 0.3) is 6.08 Å². The third-order valence-corrected chi connectivity index (χ3v) is 1.54. The summed E-state index contributed by atoms with van der Waals surface area (Å²) in [5.74, 6) is 5.50. The molecule has 0 spiro atoms. The van der Waals surface area contributed by atoms with Gasteiger partial charge in [-0.05, 0) is 31.6 Å². The lowest BCUT2D eigenvalue weighted by Gasteiger charge is -2.04. The first-order valence-corrected chi connectivity index (χ1v) is 4.54. The predicted octanol–water partition coefficient (Wildman–Crippen LogP) is 2.47. The van der Waals surface area contributed by atoms with Crippen molar-refractivity contribution in [2.24, 2.45) is 0 Å². The van der Waals surface area contributed by atoms with E-state index in [1.165, 1.54) is 0 Å². The molecule has 0 unspecified atom stereocenters. The van der Waals surface area contributed by atoms with Crippen LogP contribution in [-0.4, -0.2) is 10.7 Å². The van der Waals surface area contributed by atoms with E-state index in [-0.39, 0.29) is 0 Å². The fourth-order valence-corrected chi connectivity index (χ4v) is 0.920. The van der Waals surface area contributed by atoms with Gasteiger partial charge in [0.2, 0.25) is 0 Å². The summed E-state index contributed by atoms with van der Waals surface area (Å²) < 4.78 is 0. The molecule has 0 saturated carbocycles. The zero-order chi connectivity index (χ0) is 10.4. The number of hydrogen-bond donors (Lipinski definition) is 1. The van der Waals surface area contributed by atoms with Crippen molar-refractivity contribution in [1.82, 2.24) is 0 Å². The van der Waals surface area contributed by atoms with E-state index < -0.39 is 5.60 Å². The van der Waals surface area contributed by atoms with Crippen LogP contribution in [0.4, 0.5) is 0 Å². The summed E-state index contributed by atoms with van der Waals surface area (Å²) in [5, 5.41) is 9.31. The largest absolute Gasteiger partial charge is 0.378 e. The van der Waals surface area contributed by atoms with Gasteiger partial charge in [-0.25, -0.2) is 0 Å². The fourth-order valence-electron chi connectivity index (χ4n) is 0.920. The quantitative estimate of drug-likeness (QED) is 0.668. The average Bonchev–Trinajstić information content (AvgIpc) is 2.13. The summed E-state index contributed by atoms with van der Waals surface area (Å²) in [6.45, 7) is 3.33. The molecule has 0 heterocycles. The van der Waals surface area contributed by atoms with Crippen LogP contribution in [0, 0.1) is 11.8 Å². The number of aliphatic hydroxyl groups is 1. The second kappa shape index (κ2) is 4.64. The van der Waals surface area contributed by atoms with Crippen LogP contribution < -0.4 is 0 Å². The van der Waals surface area contributed by atoms with Gasteiger partial charge in [0.05, 0.1) is 0 Å². The minimum absolute atomic E-state index is 0.916. The van der Waals surface area contributed by atoms with Crippen molar-refractivity contribution in [3.63, 3.8) is 0 Å². The maximum absolute atomic E-state index is 9.31. The van der Waals surface area contributed by atoms with Crippen LogP contribution in [0.2, 0.25) is 0 Å². The first-order valence-electron chi connectivity index (χ1n) is 4.54. The van der Waals surface area contributed by atoms with Crippen molar-refractivity contribution in [1.29, 1.82) is 0 Å². The highest BCUT2D eigenvalue weighted by Crippen LogP contribution is 2.00. The van der Waals surface area contributed by atoms with E-state index in [1.807, 2.05) is 36.4 Å². The molecule has 0 radical (unpaired) electrons. The van der Waals surface area contributed by atoms with Gasteiger partial charge in [-0.2, -0.15) is 0 Å². The summed E-state index contributed by atoms with van der Waals surface area (Å²) in [4.78, 5) is 0. The molecule has 14 heavy (non-hydrogen) atoms. The molecule has 0 aliphatic carbocycles. The molecule has 0 aromatic heterocycles. The Morgan fingerprint density at radius 3 is 2.43 bits per heavy atom. The van der Waals surface area contributed by atoms with E-state index in [9.17, 15) is 5.11 Å². The molecule has 1 aromatic carbocycles. The van der Waals surface area contributed by atoms with Gasteiger partial charge in [-0.15, -0.1) is 0 Å². The summed E-state index contributed by atoms with van der Waals surface area (Å²) in [7, 11) is 0. The van der Waals surface area contributed by atoms with Crippen molar-refractivity contribution >= 4 is 6.08 Å². The molecule has 1 rings (SSSR count). The van der Waals surface area contributed by atoms with E-state index in [1.54, 1.807) is 19.9 Å². The molecular formula is C13H14O. The smallest absolute Gasteiger partial charge is 0.120 e. The van der Waals surface area contributed by atoms with E-state index in [0.29, 0.717) is 0 Å². The molecule has 0 amide bonds. The van der Waals surface area contributed by atoms with Crippen molar-refractivity contribution in [3.8, 4) is 11.8 Å². The summed E-state index contributed by atoms with van der Waals surface area (Å²) >= 11 is 0. The van der Waals surface area contributed by atoms with Crippen LogP contribution in [0.15, 0.2) is 36.4 Å². The molecule has 1 heteroatoms. The molecule has 0 atom stereocenters. The van der Waals surface area contributed by atoms with Gasteiger partial charge in [0.1, 0.15) is 5.60 Å². The Balaban J connectivity index is 2.61. The summed E-state index contributed by atoms with van der Waals surface area (Å²) in [5.41, 5.74) is 0.193. The van der Waals surface area contributed by atoms with Gasteiger partial charge in [-0.1, -0.05) is 42.2 Å². The highest BCUT2D eigenvalue weighted by atomic mass is 16.3. The predicted molar refractivity (Wildman–Crippen MR) is 59.5 cm³/mol. The zero-order valence-electron chi connectivity index (χ0n) is 8.49. The standard InChI is InChI=1S/C13H14O/c1-13(2,14)11-7-6-10-12-8-4-3-5-9-12/h3-6,8-10,14H,1-2H3/b10-6+. The minimum atomic E-state index is -0.916. The lowest BCUT2D eigenvalue weighted by atomic mass is 10.1. The van der Waals surface area contributed by atoms with Crippen molar-refractivity contribution in [3.05, 3.63) is 42.0 Å². The van der Waals surface area contributed by atoms with E-state index in [0.717, 1.165) is 5.56 Å². The van der Waals surface area contributed by atoms with Gasteiger partial charge >= 0.3 is 0 Å². The number of allylic oxidation sites excluding steroid dienone is 1. The summed E-state index contributed by atoms with van der Waals surface area (Å²) in [6.07, 6.45) is 3.66. The SMILES string of the molecule is CC(C)(O)C#C/C=C/c1ccccc1. The average molecular weight is 186 g/mol. The second-order valence-electron chi connectivity index (χ2n) is 3.57. The second-order valence-corrected chi connectivity index (χ2v) is 3.57. The molecule has 72 valence electrons. The molecule has 0 fully saturated rings. The van der Waals surface area contributed by atoms with E-state index >= 15 is 0 Å². The van der Waals surface area contributed by atoms with Crippen LogP contribution in [0.1, 0.15) is 19.4 Å². The van der Waals surface area contributed by atoms with Crippen molar-refractivity contribution in [2.45, 2.75) is 19.4 Å². The van der Waals surface area contributed by atoms with Crippen molar-refractivity contribution < 1.29 is 5.11 Å². The van der Waals surface area contributed by atoms with Crippen LogP contribution in [0.5, 0.6) is 0 Å². The van der Waals surface area contributed by atoms with Gasteiger partial charge in [0.15, 0.2) is 0 Å². The number of rotatable bonds is 1. The molecule has 0 saturated heterocycles. The van der Waals surface area contributed by atoms with Crippen LogP contribution in [0.3, 0.4) is 0 Å². The highest BCUT2D eigenvalue weighted by molar-refractivity contribution is 5.52. The van der Waals surface area contributed by atoms with Crippen molar-refractivity contribution in [2.75, 3.05) is 0 Å². The minimum Gasteiger partial charge on any atom is -0.378 e. The normalized spacial score (nSPS) is 11.1. The molecule has 1 N–H and O–H groups in total. The maximum atomic E-state index is 9.31. The summed E-state index contributed by atoms with van der Waals surface area (Å²) in [6, 6.07) is 9.93. The molecule has 0 aliphatic heterocycles. The van der Waals surface area contributed by atoms with E-state index in [4.69, 9.17) is 0 Å². The molecule has 1 aromatic rings. The zero-order valence-corrected chi connectivity index (χ0v) is 8.49. The van der Waals surface area contributed by atoms with Gasteiger partial charge < -0.3 is 5.11 Å². The third kappa shape index (κ3) is 4.49. The first kappa shape index (κ1) is 10.6. The lowest BCUT2D eigenvalue weighted by Crippen LogP contribution is -2.14. The molecule has 0 bridgehead atoms. The van der Waals surface area contributed by atoms with Gasteiger partial charge in [-0.3, -0.25) is 0 Å². The highest BCUT2D eigenvalue weighted by Gasteiger charge is 2.04. The molecule has 1 nitrogen and oxygen atoms in total.